The molecule has 0 saturated heterocycles. The normalized spacial score (nSPS) is 13.7. The highest BCUT2D eigenvalue weighted by atomic mass is 35.5. The number of rotatable bonds is 1. The second kappa shape index (κ2) is 4.10. The zero-order valence-corrected chi connectivity index (χ0v) is 10.5. The largest absolute Gasteiger partial charge is 0.486 e. The second-order valence-corrected chi connectivity index (χ2v) is 4.39. The van der Waals surface area contributed by atoms with E-state index < -0.39 is 0 Å². The predicted octanol–water partition coefficient (Wildman–Crippen LogP) is 2.66. The summed E-state index contributed by atoms with van der Waals surface area (Å²) in [6, 6.07) is 1.88. The fraction of sp³-hybridized carbons (Fsp3) is 0.250. The summed E-state index contributed by atoms with van der Waals surface area (Å²) in [6.07, 6.45) is 1.54. The number of benzene rings is 1. The number of nitrogens with two attached hydrogens (primary N) is 1. The molecule has 94 valence electrons. The highest BCUT2D eigenvalue weighted by molar-refractivity contribution is 6.35. The number of ether oxygens (including phenoxy) is 2. The number of fused-ring (bicyclic) bond motifs is 1. The Morgan fingerprint density at radius 3 is 2.83 bits per heavy atom. The Labute approximate surface area is 108 Å². The smallest absolute Gasteiger partial charge is 0.230 e. The molecule has 0 spiro atoms. The van der Waals surface area contributed by atoms with E-state index >= 15 is 0 Å². The van der Waals surface area contributed by atoms with Gasteiger partial charge < -0.3 is 19.7 Å². The van der Waals surface area contributed by atoms with Crippen LogP contribution < -0.4 is 15.2 Å². The van der Waals surface area contributed by atoms with Crippen molar-refractivity contribution in [3.8, 4) is 22.6 Å². The van der Waals surface area contributed by atoms with E-state index in [1.807, 2.05) is 13.0 Å². The fourth-order valence-corrected chi connectivity index (χ4v) is 2.43. The lowest BCUT2D eigenvalue weighted by molar-refractivity contribution is 0.171. The van der Waals surface area contributed by atoms with Crippen LogP contribution in [0.15, 0.2) is 16.8 Å². The van der Waals surface area contributed by atoms with Gasteiger partial charge in [0.05, 0.1) is 16.8 Å². The lowest BCUT2D eigenvalue weighted by Crippen LogP contribution is -2.16. The van der Waals surface area contributed by atoms with Crippen LogP contribution >= 0.6 is 11.6 Å². The molecule has 0 saturated carbocycles. The van der Waals surface area contributed by atoms with Crippen LogP contribution in [0.3, 0.4) is 0 Å². The van der Waals surface area contributed by atoms with Crippen molar-refractivity contribution in [3.05, 3.63) is 22.8 Å². The molecule has 1 aliphatic heterocycles. The molecule has 0 bridgehead atoms. The molecule has 2 heterocycles. The van der Waals surface area contributed by atoms with E-state index in [4.69, 9.17) is 31.3 Å². The van der Waals surface area contributed by atoms with Crippen LogP contribution in [0.1, 0.15) is 5.56 Å². The van der Waals surface area contributed by atoms with Crippen LogP contribution in [0.5, 0.6) is 11.5 Å². The minimum absolute atomic E-state index is 0.233. The molecule has 6 heteroatoms. The Morgan fingerprint density at radius 1 is 1.33 bits per heavy atom. The molecular weight excluding hydrogens is 256 g/mol. The lowest BCUT2D eigenvalue weighted by atomic mass is 10.0. The molecule has 3 rings (SSSR count). The SMILES string of the molecule is Cc1cc2c(c(Cl)c1-c1cnoc1N)OCCO2. The van der Waals surface area contributed by atoms with E-state index in [0.29, 0.717) is 35.3 Å². The number of anilines is 1. The monoisotopic (exact) mass is 266 g/mol. The van der Waals surface area contributed by atoms with E-state index in [9.17, 15) is 0 Å². The Kier molecular flexibility index (Phi) is 2.56. The van der Waals surface area contributed by atoms with E-state index in [2.05, 4.69) is 5.16 Å². The Balaban J connectivity index is 2.24. The van der Waals surface area contributed by atoms with Gasteiger partial charge in [-0.2, -0.15) is 0 Å². The van der Waals surface area contributed by atoms with Crippen molar-refractivity contribution in [2.45, 2.75) is 6.92 Å². The van der Waals surface area contributed by atoms with Crippen molar-refractivity contribution in [2.75, 3.05) is 18.9 Å². The van der Waals surface area contributed by atoms with Crippen molar-refractivity contribution < 1.29 is 14.0 Å². The minimum Gasteiger partial charge on any atom is -0.486 e. The molecule has 0 unspecified atom stereocenters. The van der Waals surface area contributed by atoms with Crippen molar-refractivity contribution >= 4 is 17.5 Å². The average Bonchev–Trinajstić information content (AvgIpc) is 2.76. The van der Waals surface area contributed by atoms with Gasteiger partial charge in [0, 0.05) is 5.56 Å². The number of hydrogen-bond donors (Lipinski definition) is 1. The van der Waals surface area contributed by atoms with Gasteiger partial charge in [-0.1, -0.05) is 16.8 Å². The van der Waals surface area contributed by atoms with Gasteiger partial charge in [0.1, 0.15) is 13.2 Å². The molecule has 1 aromatic carbocycles. The molecule has 2 N–H and O–H groups in total. The predicted molar refractivity (Wildman–Crippen MR) is 67.1 cm³/mol. The molecule has 0 atom stereocenters. The molecule has 1 aromatic heterocycles. The summed E-state index contributed by atoms with van der Waals surface area (Å²) in [7, 11) is 0. The summed E-state index contributed by atoms with van der Waals surface area (Å²) in [5, 5.41) is 4.13. The van der Waals surface area contributed by atoms with E-state index in [0.717, 1.165) is 11.1 Å². The van der Waals surface area contributed by atoms with E-state index in [1.54, 1.807) is 6.20 Å². The van der Waals surface area contributed by atoms with Gasteiger partial charge in [0.25, 0.3) is 0 Å². The third kappa shape index (κ3) is 1.59. The van der Waals surface area contributed by atoms with Gasteiger partial charge in [-0.05, 0) is 18.6 Å². The summed E-state index contributed by atoms with van der Waals surface area (Å²) < 4.78 is 15.9. The number of nitrogen functional groups attached to an aromatic ring is 1. The number of halogens is 1. The number of aryl methyl sites for hydroxylation is 1. The Morgan fingerprint density at radius 2 is 2.11 bits per heavy atom. The molecule has 0 radical (unpaired) electrons. The zero-order valence-electron chi connectivity index (χ0n) is 9.70. The van der Waals surface area contributed by atoms with Crippen molar-refractivity contribution in [2.24, 2.45) is 0 Å². The molecule has 1 aliphatic rings. The quantitative estimate of drug-likeness (QED) is 0.859. The maximum Gasteiger partial charge on any atom is 0.230 e. The van der Waals surface area contributed by atoms with Crippen LogP contribution in [0, 0.1) is 6.92 Å². The molecule has 2 aromatic rings. The molecular formula is C12H11ClN2O3. The zero-order chi connectivity index (χ0) is 12.7. The molecule has 0 aliphatic carbocycles. The van der Waals surface area contributed by atoms with Crippen LogP contribution in [-0.4, -0.2) is 18.4 Å². The first-order valence-corrected chi connectivity index (χ1v) is 5.85. The summed E-state index contributed by atoms with van der Waals surface area (Å²) in [6.45, 7) is 2.93. The summed E-state index contributed by atoms with van der Waals surface area (Å²) in [4.78, 5) is 0. The first-order chi connectivity index (χ1) is 8.68. The topological polar surface area (TPSA) is 70.5 Å². The van der Waals surface area contributed by atoms with Crippen LogP contribution in [0.25, 0.3) is 11.1 Å². The van der Waals surface area contributed by atoms with Crippen molar-refractivity contribution in [1.29, 1.82) is 0 Å². The Hall–Kier alpha value is -1.88. The van der Waals surface area contributed by atoms with E-state index in [-0.39, 0.29) is 5.88 Å². The summed E-state index contributed by atoms with van der Waals surface area (Å²) >= 11 is 6.37. The highest BCUT2D eigenvalue weighted by Gasteiger charge is 2.23. The lowest BCUT2D eigenvalue weighted by Gasteiger charge is -2.22. The first kappa shape index (κ1) is 11.2. The molecule has 5 nitrogen and oxygen atoms in total. The highest BCUT2D eigenvalue weighted by Crippen LogP contribution is 2.46. The standard InChI is InChI=1S/C12H11ClN2O3/c1-6-4-8-11(17-3-2-16-8)10(13)9(6)7-5-15-18-12(7)14/h4-5H,2-3,14H2,1H3. The van der Waals surface area contributed by atoms with Crippen molar-refractivity contribution in [1.82, 2.24) is 5.16 Å². The molecule has 18 heavy (non-hydrogen) atoms. The fourth-order valence-electron chi connectivity index (χ4n) is 2.03. The second-order valence-electron chi connectivity index (χ2n) is 4.01. The first-order valence-electron chi connectivity index (χ1n) is 5.47. The van der Waals surface area contributed by atoms with Gasteiger partial charge in [0.15, 0.2) is 11.5 Å². The number of hydrogen-bond acceptors (Lipinski definition) is 5. The van der Waals surface area contributed by atoms with Gasteiger partial charge in [0.2, 0.25) is 5.88 Å². The third-order valence-electron chi connectivity index (χ3n) is 2.84. The van der Waals surface area contributed by atoms with Gasteiger partial charge in [-0.15, -0.1) is 0 Å². The van der Waals surface area contributed by atoms with Gasteiger partial charge in [-0.25, -0.2) is 0 Å². The maximum atomic E-state index is 6.37. The number of nitrogens with zero attached hydrogens (tertiary/aromatic N) is 1. The van der Waals surface area contributed by atoms with Crippen LogP contribution in [-0.2, 0) is 0 Å². The van der Waals surface area contributed by atoms with Crippen LogP contribution in [0.2, 0.25) is 5.02 Å². The van der Waals surface area contributed by atoms with Gasteiger partial charge in [-0.3, -0.25) is 0 Å². The summed E-state index contributed by atoms with van der Waals surface area (Å²) in [5.74, 6) is 1.43. The van der Waals surface area contributed by atoms with Crippen molar-refractivity contribution in [3.63, 3.8) is 0 Å². The maximum absolute atomic E-state index is 6.37. The molecule has 0 fully saturated rings. The number of aromatic nitrogens is 1. The molecule has 0 amide bonds. The van der Waals surface area contributed by atoms with E-state index in [1.165, 1.54) is 0 Å². The summed E-state index contributed by atoms with van der Waals surface area (Å²) in [5.41, 5.74) is 8.08. The third-order valence-corrected chi connectivity index (χ3v) is 3.20. The Bertz CT molecular complexity index is 610. The van der Waals surface area contributed by atoms with Crippen LogP contribution in [0.4, 0.5) is 5.88 Å². The minimum atomic E-state index is 0.233. The average molecular weight is 267 g/mol. The van der Waals surface area contributed by atoms with Gasteiger partial charge >= 0.3 is 0 Å².